The third-order valence-corrected chi connectivity index (χ3v) is 1.92. The van der Waals surface area contributed by atoms with Crippen LogP contribution < -0.4 is 10.4 Å². The quantitative estimate of drug-likeness (QED) is 0.698. The number of halogens is 3. The fourth-order valence-electron chi connectivity index (χ4n) is 1.19. The summed E-state index contributed by atoms with van der Waals surface area (Å²) in [4.78, 5) is 4.95. The van der Waals surface area contributed by atoms with Crippen molar-refractivity contribution in [3.63, 3.8) is 0 Å². The highest BCUT2D eigenvalue weighted by atomic mass is 19.4. The van der Waals surface area contributed by atoms with Crippen LogP contribution in [0.4, 0.5) is 19.0 Å². The van der Waals surface area contributed by atoms with E-state index in [1.165, 1.54) is 4.90 Å². The largest absolute Gasteiger partial charge is 0.492 e. The molecule has 2 N–H and O–H groups in total. The Kier molecular flexibility index (Phi) is 3.44. The van der Waals surface area contributed by atoms with Gasteiger partial charge in [0.2, 0.25) is 0 Å². The van der Waals surface area contributed by atoms with E-state index in [-0.39, 0.29) is 11.3 Å². The number of alkyl halides is 3. The summed E-state index contributed by atoms with van der Waals surface area (Å²) in [7, 11) is 1.09. The SMILES string of the molecule is CN(C)c1ncc(C(F)(F)F)cc1B(O)O. The van der Waals surface area contributed by atoms with Crippen LogP contribution in [-0.4, -0.2) is 36.2 Å². The number of hydrogen-bond acceptors (Lipinski definition) is 4. The summed E-state index contributed by atoms with van der Waals surface area (Å²) in [6.45, 7) is 0. The van der Waals surface area contributed by atoms with Crippen molar-refractivity contribution in [3.8, 4) is 0 Å². The highest BCUT2D eigenvalue weighted by Crippen LogP contribution is 2.28. The van der Waals surface area contributed by atoms with Gasteiger partial charge in [-0.05, 0) is 6.07 Å². The molecule has 0 radical (unpaired) electrons. The molecule has 0 aromatic carbocycles. The second-order valence-corrected chi connectivity index (χ2v) is 3.40. The first-order valence-electron chi connectivity index (χ1n) is 4.34. The van der Waals surface area contributed by atoms with Crippen LogP contribution in [0.1, 0.15) is 5.56 Å². The predicted octanol–water partition coefficient (Wildman–Crippen LogP) is -0.154. The molecule has 0 saturated heterocycles. The van der Waals surface area contributed by atoms with E-state index in [1.807, 2.05) is 0 Å². The lowest BCUT2D eigenvalue weighted by atomic mass is 9.79. The van der Waals surface area contributed by atoms with E-state index in [1.54, 1.807) is 14.1 Å². The van der Waals surface area contributed by atoms with E-state index in [0.29, 0.717) is 12.3 Å². The van der Waals surface area contributed by atoms with Gasteiger partial charge in [0.25, 0.3) is 0 Å². The zero-order valence-corrected chi connectivity index (χ0v) is 8.65. The van der Waals surface area contributed by atoms with E-state index in [2.05, 4.69) is 4.98 Å². The van der Waals surface area contributed by atoms with Crippen LogP contribution in [-0.2, 0) is 6.18 Å². The van der Waals surface area contributed by atoms with Gasteiger partial charge < -0.3 is 14.9 Å². The molecule has 88 valence electrons. The van der Waals surface area contributed by atoms with Crippen molar-refractivity contribution in [2.24, 2.45) is 0 Å². The first-order chi connectivity index (χ1) is 7.23. The minimum absolute atomic E-state index is 0.0861. The molecule has 0 aliphatic carbocycles. The number of nitrogens with zero attached hydrogens (tertiary/aromatic N) is 2. The summed E-state index contributed by atoms with van der Waals surface area (Å²) >= 11 is 0. The molecular weight excluding hydrogens is 224 g/mol. The topological polar surface area (TPSA) is 56.6 Å². The van der Waals surface area contributed by atoms with Crippen LogP contribution in [0.2, 0.25) is 0 Å². The van der Waals surface area contributed by atoms with E-state index in [9.17, 15) is 13.2 Å². The maximum absolute atomic E-state index is 12.3. The van der Waals surface area contributed by atoms with Crippen molar-refractivity contribution in [2.45, 2.75) is 6.18 Å². The van der Waals surface area contributed by atoms with E-state index >= 15 is 0 Å². The average Bonchev–Trinajstić information content (AvgIpc) is 2.15. The lowest BCUT2D eigenvalue weighted by Gasteiger charge is -2.17. The van der Waals surface area contributed by atoms with Gasteiger partial charge in [-0.1, -0.05) is 0 Å². The maximum atomic E-state index is 12.3. The van der Waals surface area contributed by atoms with E-state index < -0.39 is 18.9 Å². The van der Waals surface area contributed by atoms with Gasteiger partial charge in [0.05, 0.1) is 5.56 Å². The predicted molar refractivity (Wildman–Crippen MR) is 53.4 cm³/mol. The molecule has 0 spiro atoms. The lowest BCUT2D eigenvalue weighted by Crippen LogP contribution is -2.36. The summed E-state index contributed by atoms with van der Waals surface area (Å²) in [5, 5.41) is 17.9. The zero-order valence-electron chi connectivity index (χ0n) is 8.65. The zero-order chi connectivity index (χ0) is 12.5. The molecule has 16 heavy (non-hydrogen) atoms. The molecule has 0 unspecified atom stereocenters. The van der Waals surface area contributed by atoms with Crippen LogP contribution in [0.5, 0.6) is 0 Å². The Morgan fingerprint density at radius 3 is 2.25 bits per heavy atom. The number of aromatic nitrogens is 1. The highest BCUT2D eigenvalue weighted by molar-refractivity contribution is 6.60. The third kappa shape index (κ3) is 2.64. The van der Waals surface area contributed by atoms with Crippen LogP contribution in [0.15, 0.2) is 12.3 Å². The van der Waals surface area contributed by atoms with E-state index in [4.69, 9.17) is 10.0 Å². The fraction of sp³-hybridized carbons (Fsp3) is 0.375. The summed E-state index contributed by atoms with van der Waals surface area (Å²) in [5.74, 6) is 0.0861. The molecule has 0 amide bonds. The standard InChI is InChI=1S/C8H10BF3N2O2/c1-14(2)7-6(9(15)16)3-5(4-13-7)8(10,11)12/h3-4,15-16H,1-2H3. The smallest absolute Gasteiger partial charge is 0.423 e. The molecule has 8 heteroatoms. The van der Waals surface area contributed by atoms with Gasteiger partial charge in [-0.3, -0.25) is 0 Å². The molecule has 4 nitrogen and oxygen atoms in total. The van der Waals surface area contributed by atoms with Crippen LogP contribution in [0.3, 0.4) is 0 Å². The van der Waals surface area contributed by atoms with Gasteiger partial charge in [0, 0.05) is 25.8 Å². The monoisotopic (exact) mass is 234 g/mol. The van der Waals surface area contributed by atoms with Crippen molar-refractivity contribution in [1.29, 1.82) is 0 Å². The fourth-order valence-corrected chi connectivity index (χ4v) is 1.19. The first kappa shape index (κ1) is 12.8. The third-order valence-electron chi connectivity index (χ3n) is 1.92. The van der Waals surface area contributed by atoms with Crippen molar-refractivity contribution >= 4 is 18.4 Å². The molecule has 1 rings (SSSR count). The maximum Gasteiger partial charge on any atom is 0.492 e. The van der Waals surface area contributed by atoms with E-state index in [0.717, 1.165) is 0 Å². The molecule has 1 aromatic heterocycles. The summed E-state index contributed by atoms with van der Waals surface area (Å²) in [5.41, 5.74) is -1.29. The average molecular weight is 234 g/mol. The number of hydrogen-bond donors (Lipinski definition) is 2. The van der Waals surface area contributed by atoms with Crippen molar-refractivity contribution in [1.82, 2.24) is 4.98 Å². The first-order valence-corrected chi connectivity index (χ1v) is 4.34. The Morgan fingerprint density at radius 1 is 1.31 bits per heavy atom. The van der Waals surface area contributed by atoms with Gasteiger partial charge in [0.15, 0.2) is 0 Å². The van der Waals surface area contributed by atoms with Crippen LogP contribution in [0.25, 0.3) is 0 Å². The molecule has 1 aromatic rings. The molecule has 0 bridgehead atoms. The van der Waals surface area contributed by atoms with Gasteiger partial charge in [-0.25, -0.2) is 4.98 Å². The summed E-state index contributed by atoms with van der Waals surface area (Å²) in [6.07, 6.45) is -3.90. The second-order valence-electron chi connectivity index (χ2n) is 3.40. The normalized spacial score (nSPS) is 11.4. The summed E-state index contributed by atoms with van der Waals surface area (Å²) < 4.78 is 37.0. The number of rotatable bonds is 2. The van der Waals surface area contributed by atoms with Crippen molar-refractivity contribution < 1.29 is 23.2 Å². The Labute approximate surface area is 90.5 Å². The Hall–Kier alpha value is -1.28. The Morgan fingerprint density at radius 2 is 1.88 bits per heavy atom. The minimum atomic E-state index is -4.55. The second kappa shape index (κ2) is 4.30. The molecule has 0 aliphatic heterocycles. The molecule has 1 heterocycles. The molecular formula is C8H10BF3N2O2. The van der Waals surface area contributed by atoms with Crippen LogP contribution >= 0.6 is 0 Å². The van der Waals surface area contributed by atoms with Gasteiger partial charge >= 0.3 is 13.3 Å². The Bertz CT molecular complexity index is 382. The highest BCUT2D eigenvalue weighted by Gasteiger charge is 2.33. The van der Waals surface area contributed by atoms with Crippen molar-refractivity contribution in [3.05, 3.63) is 17.8 Å². The lowest BCUT2D eigenvalue weighted by molar-refractivity contribution is -0.137. The molecule has 0 atom stereocenters. The summed E-state index contributed by atoms with van der Waals surface area (Å²) in [6, 6.07) is 0.674. The number of anilines is 1. The van der Waals surface area contributed by atoms with Crippen LogP contribution in [0, 0.1) is 0 Å². The number of pyridine rings is 1. The van der Waals surface area contributed by atoms with Gasteiger partial charge in [-0.15, -0.1) is 0 Å². The molecule has 0 saturated carbocycles. The minimum Gasteiger partial charge on any atom is -0.423 e. The van der Waals surface area contributed by atoms with Gasteiger partial charge in [0.1, 0.15) is 5.82 Å². The van der Waals surface area contributed by atoms with Gasteiger partial charge in [-0.2, -0.15) is 13.2 Å². The molecule has 0 aliphatic rings. The molecule has 0 fully saturated rings. The Balaban J connectivity index is 3.29. The van der Waals surface area contributed by atoms with Crippen molar-refractivity contribution in [2.75, 3.05) is 19.0 Å².